The number of nitrogens with one attached hydrogen (secondary N) is 2. The minimum Gasteiger partial charge on any atom is -0.463 e. The Balaban J connectivity index is 2.05. The van der Waals surface area contributed by atoms with Gasteiger partial charge in [-0.05, 0) is 38.3 Å². The van der Waals surface area contributed by atoms with Crippen molar-refractivity contribution in [3.8, 4) is 0 Å². The Morgan fingerprint density at radius 1 is 1.45 bits per heavy atom. The molecule has 0 spiro atoms. The Morgan fingerprint density at radius 2 is 2.15 bits per heavy atom. The molecule has 1 aliphatic rings. The number of piperidine rings is 1. The molecule has 0 amide bonds. The topological polar surface area (TPSA) is 76.1 Å². The highest BCUT2D eigenvalue weighted by Crippen LogP contribution is 2.27. The molecule has 1 fully saturated rings. The van der Waals surface area contributed by atoms with Crippen molar-refractivity contribution in [2.24, 2.45) is 5.41 Å². The number of hydrogen-bond acceptors (Lipinski definition) is 6. The van der Waals surface area contributed by atoms with Crippen molar-refractivity contribution in [1.82, 2.24) is 15.3 Å². The van der Waals surface area contributed by atoms with Crippen LogP contribution >= 0.6 is 0 Å². The summed E-state index contributed by atoms with van der Waals surface area (Å²) in [4.78, 5) is 19.8. The molecule has 1 aliphatic heterocycles. The number of carbonyl (C=O) groups excluding carboxylic acids is 1. The van der Waals surface area contributed by atoms with Gasteiger partial charge >= 0.3 is 5.97 Å². The van der Waals surface area contributed by atoms with Gasteiger partial charge in [0, 0.05) is 18.3 Å². The average Bonchev–Trinajstić information content (AvgIpc) is 2.45. The standard InChI is InChI=1S/C14H22N4O2/c1-10-8-11(18-12(17-10)13(19)20-3)16-9-14(2)4-6-15-7-5-14/h8,15H,4-7,9H2,1-3H3,(H,16,17,18). The molecule has 2 N–H and O–H groups in total. The zero-order valence-electron chi connectivity index (χ0n) is 12.3. The van der Waals surface area contributed by atoms with Crippen LogP contribution in [0.4, 0.5) is 5.82 Å². The van der Waals surface area contributed by atoms with E-state index in [4.69, 9.17) is 0 Å². The summed E-state index contributed by atoms with van der Waals surface area (Å²) < 4.78 is 4.66. The number of hydrogen-bond donors (Lipinski definition) is 2. The fourth-order valence-electron chi connectivity index (χ4n) is 2.35. The number of methoxy groups -OCH3 is 1. The van der Waals surface area contributed by atoms with E-state index in [1.165, 1.54) is 7.11 Å². The highest BCUT2D eigenvalue weighted by Gasteiger charge is 2.26. The normalized spacial score (nSPS) is 17.6. The summed E-state index contributed by atoms with van der Waals surface area (Å²) in [5, 5.41) is 6.69. The van der Waals surface area contributed by atoms with E-state index in [2.05, 4.69) is 32.3 Å². The number of carbonyl (C=O) groups is 1. The van der Waals surface area contributed by atoms with Crippen LogP contribution in [0.2, 0.25) is 0 Å². The number of aryl methyl sites for hydroxylation is 1. The summed E-state index contributed by atoms with van der Waals surface area (Å²) >= 11 is 0. The van der Waals surface area contributed by atoms with Gasteiger partial charge in [0.2, 0.25) is 5.82 Å². The van der Waals surface area contributed by atoms with Crippen LogP contribution in [0, 0.1) is 12.3 Å². The number of rotatable bonds is 4. The van der Waals surface area contributed by atoms with E-state index in [9.17, 15) is 4.79 Å². The van der Waals surface area contributed by atoms with Gasteiger partial charge in [-0.25, -0.2) is 14.8 Å². The second kappa shape index (κ2) is 6.17. The van der Waals surface area contributed by atoms with Gasteiger partial charge in [-0.15, -0.1) is 0 Å². The number of ether oxygens (including phenoxy) is 1. The summed E-state index contributed by atoms with van der Waals surface area (Å²) in [6.45, 7) is 7.05. The molecule has 0 aromatic carbocycles. The van der Waals surface area contributed by atoms with Crippen molar-refractivity contribution in [3.05, 3.63) is 17.6 Å². The van der Waals surface area contributed by atoms with Crippen LogP contribution < -0.4 is 10.6 Å². The maximum atomic E-state index is 11.5. The Morgan fingerprint density at radius 3 is 2.80 bits per heavy atom. The Bertz CT molecular complexity index is 484. The Kier molecular flexibility index (Phi) is 4.54. The molecule has 1 aromatic rings. The minimum atomic E-state index is -0.509. The fraction of sp³-hybridized carbons (Fsp3) is 0.643. The minimum absolute atomic E-state index is 0.102. The molecule has 6 nitrogen and oxygen atoms in total. The van der Waals surface area contributed by atoms with Crippen LogP contribution in [0.15, 0.2) is 6.07 Å². The third-order valence-electron chi connectivity index (χ3n) is 3.73. The second-order valence-electron chi connectivity index (χ2n) is 5.62. The van der Waals surface area contributed by atoms with Gasteiger partial charge in [-0.1, -0.05) is 6.92 Å². The average molecular weight is 278 g/mol. The van der Waals surface area contributed by atoms with Gasteiger partial charge in [0.1, 0.15) is 5.82 Å². The predicted molar refractivity (Wildman–Crippen MR) is 76.8 cm³/mol. The third kappa shape index (κ3) is 3.66. The molecule has 0 atom stereocenters. The molecule has 2 rings (SSSR count). The summed E-state index contributed by atoms with van der Waals surface area (Å²) in [6.07, 6.45) is 2.27. The largest absolute Gasteiger partial charge is 0.463 e. The van der Waals surface area contributed by atoms with Crippen molar-refractivity contribution in [2.75, 3.05) is 32.1 Å². The van der Waals surface area contributed by atoms with Gasteiger partial charge in [-0.2, -0.15) is 0 Å². The first-order valence-corrected chi connectivity index (χ1v) is 6.91. The molecular formula is C14H22N4O2. The van der Waals surface area contributed by atoms with Gasteiger partial charge in [0.05, 0.1) is 7.11 Å². The van der Waals surface area contributed by atoms with Crippen molar-refractivity contribution in [3.63, 3.8) is 0 Å². The van der Waals surface area contributed by atoms with Crippen LogP contribution in [0.25, 0.3) is 0 Å². The first-order chi connectivity index (χ1) is 9.52. The molecule has 0 bridgehead atoms. The van der Waals surface area contributed by atoms with Crippen molar-refractivity contribution in [2.45, 2.75) is 26.7 Å². The van der Waals surface area contributed by atoms with Crippen LogP contribution in [-0.2, 0) is 4.74 Å². The van der Waals surface area contributed by atoms with E-state index < -0.39 is 5.97 Å². The fourth-order valence-corrected chi connectivity index (χ4v) is 2.35. The van der Waals surface area contributed by atoms with E-state index in [1.54, 1.807) is 0 Å². The molecule has 6 heteroatoms. The van der Waals surface area contributed by atoms with Gasteiger partial charge in [0.15, 0.2) is 0 Å². The first-order valence-electron chi connectivity index (χ1n) is 6.91. The van der Waals surface area contributed by atoms with Crippen LogP contribution in [0.3, 0.4) is 0 Å². The second-order valence-corrected chi connectivity index (χ2v) is 5.62. The summed E-state index contributed by atoms with van der Waals surface area (Å²) in [5.41, 5.74) is 1.01. The Labute approximate surface area is 119 Å². The molecule has 110 valence electrons. The van der Waals surface area contributed by atoms with Gasteiger partial charge in [0.25, 0.3) is 0 Å². The number of nitrogens with zero attached hydrogens (tertiary/aromatic N) is 2. The maximum absolute atomic E-state index is 11.5. The number of esters is 1. The smallest absolute Gasteiger partial charge is 0.376 e. The van der Waals surface area contributed by atoms with Crippen LogP contribution in [0.5, 0.6) is 0 Å². The number of anilines is 1. The summed E-state index contributed by atoms with van der Waals surface area (Å²) in [5.74, 6) is 0.271. The van der Waals surface area contributed by atoms with Gasteiger partial charge in [-0.3, -0.25) is 0 Å². The highest BCUT2D eigenvalue weighted by atomic mass is 16.5. The zero-order chi connectivity index (χ0) is 14.6. The summed E-state index contributed by atoms with van der Waals surface area (Å²) in [7, 11) is 1.33. The van der Waals surface area contributed by atoms with Crippen molar-refractivity contribution >= 4 is 11.8 Å². The molecule has 0 aliphatic carbocycles. The van der Waals surface area contributed by atoms with Crippen molar-refractivity contribution in [1.29, 1.82) is 0 Å². The lowest BCUT2D eigenvalue weighted by atomic mass is 9.81. The predicted octanol–water partition coefficient (Wildman–Crippen LogP) is 1.37. The monoisotopic (exact) mass is 278 g/mol. The van der Waals surface area contributed by atoms with Crippen LogP contribution in [0.1, 0.15) is 36.1 Å². The van der Waals surface area contributed by atoms with E-state index >= 15 is 0 Å². The van der Waals surface area contributed by atoms with E-state index in [1.807, 2.05) is 13.0 Å². The Hall–Kier alpha value is -1.69. The number of aromatic nitrogens is 2. The maximum Gasteiger partial charge on any atom is 0.376 e. The molecule has 1 saturated heterocycles. The molecule has 1 aromatic heterocycles. The molecule has 2 heterocycles. The van der Waals surface area contributed by atoms with E-state index in [0.717, 1.165) is 38.2 Å². The lowest BCUT2D eigenvalue weighted by molar-refractivity contribution is 0.0586. The third-order valence-corrected chi connectivity index (χ3v) is 3.73. The van der Waals surface area contributed by atoms with Crippen LogP contribution in [-0.4, -0.2) is 42.7 Å². The zero-order valence-corrected chi connectivity index (χ0v) is 12.3. The first kappa shape index (κ1) is 14.7. The molecular weight excluding hydrogens is 256 g/mol. The van der Waals surface area contributed by atoms with E-state index in [0.29, 0.717) is 5.82 Å². The highest BCUT2D eigenvalue weighted by molar-refractivity contribution is 5.85. The molecule has 0 saturated carbocycles. The van der Waals surface area contributed by atoms with Gasteiger partial charge < -0.3 is 15.4 Å². The van der Waals surface area contributed by atoms with E-state index in [-0.39, 0.29) is 11.2 Å². The molecule has 20 heavy (non-hydrogen) atoms. The van der Waals surface area contributed by atoms with Crippen molar-refractivity contribution < 1.29 is 9.53 Å². The quantitative estimate of drug-likeness (QED) is 0.810. The SMILES string of the molecule is COC(=O)c1nc(C)cc(NCC2(C)CCNCC2)n1. The molecule has 0 unspecified atom stereocenters. The molecule has 0 radical (unpaired) electrons. The lowest BCUT2D eigenvalue weighted by Gasteiger charge is -2.34. The summed E-state index contributed by atoms with van der Waals surface area (Å²) in [6, 6.07) is 1.84. The lowest BCUT2D eigenvalue weighted by Crippen LogP contribution is -2.39.